The molecule has 2 atom stereocenters. The summed E-state index contributed by atoms with van der Waals surface area (Å²) in [4.78, 5) is 0.478. The third-order valence-corrected chi connectivity index (χ3v) is 6.36. The van der Waals surface area contributed by atoms with E-state index in [0.717, 1.165) is 37.1 Å². The molecule has 0 amide bonds. The number of fused-ring (bicyclic) bond motifs is 2. The molecule has 5 heteroatoms. The van der Waals surface area contributed by atoms with Gasteiger partial charge in [-0.3, -0.25) is 0 Å². The molecule has 1 N–H and O–H groups in total. The van der Waals surface area contributed by atoms with Crippen molar-refractivity contribution in [2.75, 3.05) is 13.1 Å². The molecule has 1 aromatic rings. The molecule has 2 aliphatic heterocycles. The second kappa shape index (κ2) is 4.58. The third-order valence-electron chi connectivity index (χ3n) is 4.21. The van der Waals surface area contributed by atoms with Crippen molar-refractivity contribution in [1.82, 2.24) is 9.62 Å². The van der Waals surface area contributed by atoms with Crippen molar-refractivity contribution in [2.24, 2.45) is 0 Å². The highest BCUT2D eigenvalue weighted by atomic mass is 32.2. The maximum absolute atomic E-state index is 12.9. The van der Waals surface area contributed by atoms with Gasteiger partial charge in [-0.1, -0.05) is 12.1 Å². The molecule has 2 bridgehead atoms. The summed E-state index contributed by atoms with van der Waals surface area (Å²) in [5.41, 5.74) is 1.83. The summed E-state index contributed by atoms with van der Waals surface area (Å²) >= 11 is 0. The van der Waals surface area contributed by atoms with Gasteiger partial charge >= 0.3 is 0 Å². The number of rotatable bonds is 2. The van der Waals surface area contributed by atoms with Gasteiger partial charge in [0, 0.05) is 25.2 Å². The Balaban J connectivity index is 2.05. The number of hydrogen-bond acceptors (Lipinski definition) is 3. The van der Waals surface area contributed by atoms with Gasteiger partial charge in [0.05, 0.1) is 4.90 Å². The molecule has 0 radical (unpaired) electrons. The predicted molar refractivity (Wildman–Crippen MR) is 74.6 cm³/mol. The van der Waals surface area contributed by atoms with Gasteiger partial charge in [0.2, 0.25) is 10.0 Å². The first-order chi connectivity index (χ1) is 9.00. The monoisotopic (exact) mass is 280 g/mol. The fraction of sp³-hybridized carbons (Fsp3) is 0.571. The minimum atomic E-state index is -3.36. The van der Waals surface area contributed by atoms with E-state index < -0.39 is 10.0 Å². The Morgan fingerprint density at radius 1 is 1.16 bits per heavy atom. The van der Waals surface area contributed by atoms with Crippen molar-refractivity contribution in [3.8, 4) is 0 Å². The van der Waals surface area contributed by atoms with Crippen molar-refractivity contribution in [3.63, 3.8) is 0 Å². The first-order valence-corrected chi connectivity index (χ1v) is 8.25. The highest BCUT2D eigenvalue weighted by Crippen LogP contribution is 2.33. The molecule has 2 fully saturated rings. The van der Waals surface area contributed by atoms with Crippen LogP contribution in [-0.4, -0.2) is 37.9 Å². The number of hydrogen-bond donors (Lipinski definition) is 1. The number of piperazine rings is 1. The van der Waals surface area contributed by atoms with E-state index in [0.29, 0.717) is 4.90 Å². The van der Waals surface area contributed by atoms with Crippen LogP contribution in [0, 0.1) is 13.8 Å². The maximum Gasteiger partial charge on any atom is 0.243 e. The summed E-state index contributed by atoms with van der Waals surface area (Å²) in [6.07, 6.45) is 1.95. The first kappa shape index (κ1) is 13.1. The van der Waals surface area contributed by atoms with Crippen LogP contribution in [0.3, 0.4) is 0 Å². The molecule has 2 unspecified atom stereocenters. The molecule has 0 aromatic heterocycles. The van der Waals surface area contributed by atoms with Crippen molar-refractivity contribution in [3.05, 3.63) is 29.3 Å². The van der Waals surface area contributed by atoms with Crippen molar-refractivity contribution < 1.29 is 8.42 Å². The van der Waals surface area contributed by atoms with Crippen LogP contribution in [0.4, 0.5) is 0 Å². The number of sulfonamides is 1. The summed E-state index contributed by atoms with van der Waals surface area (Å²) in [7, 11) is -3.36. The van der Waals surface area contributed by atoms with Crippen LogP contribution in [0.5, 0.6) is 0 Å². The standard InChI is InChI=1S/C14H20N2O2S/c1-10-3-4-11(2)14(7-10)19(17,18)16-12-5-6-13(16)9-15-8-12/h3-4,7,12-13,15H,5-6,8-9H2,1-2H3. The van der Waals surface area contributed by atoms with E-state index in [1.54, 1.807) is 10.4 Å². The Morgan fingerprint density at radius 2 is 1.79 bits per heavy atom. The molecular weight excluding hydrogens is 260 g/mol. The van der Waals surface area contributed by atoms with E-state index in [9.17, 15) is 8.42 Å². The molecule has 4 nitrogen and oxygen atoms in total. The van der Waals surface area contributed by atoms with Crippen molar-refractivity contribution in [2.45, 2.75) is 43.7 Å². The predicted octanol–water partition coefficient (Wildman–Crippen LogP) is 1.43. The van der Waals surface area contributed by atoms with Gasteiger partial charge in [-0.25, -0.2) is 8.42 Å². The van der Waals surface area contributed by atoms with Crippen LogP contribution < -0.4 is 5.32 Å². The molecule has 19 heavy (non-hydrogen) atoms. The van der Waals surface area contributed by atoms with Gasteiger partial charge in [-0.2, -0.15) is 4.31 Å². The van der Waals surface area contributed by atoms with Gasteiger partial charge in [-0.15, -0.1) is 0 Å². The number of nitrogens with one attached hydrogen (secondary N) is 1. The van der Waals surface area contributed by atoms with E-state index in [-0.39, 0.29) is 12.1 Å². The SMILES string of the molecule is Cc1ccc(C)c(S(=O)(=O)N2C3CCC2CNC3)c1. The van der Waals surface area contributed by atoms with E-state index >= 15 is 0 Å². The number of benzene rings is 1. The molecule has 2 heterocycles. The third kappa shape index (κ3) is 2.10. The molecule has 104 valence electrons. The van der Waals surface area contributed by atoms with Crippen LogP contribution in [0.15, 0.2) is 23.1 Å². The van der Waals surface area contributed by atoms with Crippen LogP contribution in [0.2, 0.25) is 0 Å². The van der Waals surface area contributed by atoms with E-state index in [1.165, 1.54) is 0 Å². The van der Waals surface area contributed by atoms with E-state index in [2.05, 4.69) is 5.32 Å². The largest absolute Gasteiger partial charge is 0.314 e. The fourth-order valence-electron chi connectivity index (χ4n) is 3.23. The van der Waals surface area contributed by atoms with E-state index in [1.807, 2.05) is 26.0 Å². The Morgan fingerprint density at radius 3 is 2.42 bits per heavy atom. The summed E-state index contributed by atoms with van der Waals surface area (Å²) < 4.78 is 27.6. The highest BCUT2D eigenvalue weighted by Gasteiger charge is 2.44. The molecule has 1 aromatic carbocycles. The van der Waals surface area contributed by atoms with Gasteiger partial charge < -0.3 is 5.32 Å². The Bertz CT molecular complexity index is 581. The maximum atomic E-state index is 12.9. The minimum Gasteiger partial charge on any atom is -0.314 e. The van der Waals surface area contributed by atoms with E-state index in [4.69, 9.17) is 0 Å². The Labute approximate surface area is 114 Å². The topological polar surface area (TPSA) is 49.4 Å². The quantitative estimate of drug-likeness (QED) is 0.891. The average Bonchev–Trinajstić information content (AvgIpc) is 2.64. The lowest BCUT2D eigenvalue weighted by atomic mass is 10.2. The van der Waals surface area contributed by atoms with Crippen LogP contribution in [0.25, 0.3) is 0 Å². The second-order valence-electron chi connectivity index (χ2n) is 5.65. The minimum absolute atomic E-state index is 0.128. The van der Waals surface area contributed by atoms with Crippen LogP contribution >= 0.6 is 0 Å². The van der Waals surface area contributed by atoms with Gasteiger partial charge in [0.1, 0.15) is 0 Å². The molecule has 0 saturated carbocycles. The molecule has 3 rings (SSSR count). The smallest absolute Gasteiger partial charge is 0.243 e. The summed E-state index contributed by atoms with van der Waals surface area (Å²) in [5, 5.41) is 3.32. The normalized spacial score (nSPS) is 27.7. The second-order valence-corrected chi connectivity index (χ2v) is 7.46. The Hall–Kier alpha value is -0.910. The fourth-order valence-corrected chi connectivity index (χ4v) is 5.41. The Kier molecular flexibility index (Phi) is 3.15. The zero-order valence-electron chi connectivity index (χ0n) is 11.4. The van der Waals surface area contributed by atoms with Crippen LogP contribution in [0.1, 0.15) is 24.0 Å². The first-order valence-electron chi connectivity index (χ1n) is 6.81. The van der Waals surface area contributed by atoms with Crippen LogP contribution in [-0.2, 0) is 10.0 Å². The number of nitrogens with zero attached hydrogens (tertiary/aromatic N) is 1. The summed E-state index contributed by atoms with van der Waals surface area (Å²) in [6, 6.07) is 5.91. The zero-order chi connectivity index (χ0) is 13.6. The van der Waals surface area contributed by atoms with Gasteiger partial charge in [-0.05, 0) is 43.9 Å². The molecule has 0 spiro atoms. The molecule has 2 saturated heterocycles. The van der Waals surface area contributed by atoms with Crippen molar-refractivity contribution in [1.29, 1.82) is 0 Å². The highest BCUT2D eigenvalue weighted by molar-refractivity contribution is 7.89. The van der Waals surface area contributed by atoms with Crippen molar-refractivity contribution >= 4 is 10.0 Å². The zero-order valence-corrected chi connectivity index (χ0v) is 12.2. The lowest BCUT2D eigenvalue weighted by Crippen LogP contribution is -2.54. The van der Waals surface area contributed by atoms with Gasteiger partial charge in [0.15, 0.2) is 0 Å². The molecule has 0 aliphatic carbocycles. The lowest BCUT2D eigenvalue weighted by molar-refractivity contribution is 0.263. The lowest BCUT2D eigenvalue weighted by Gasteiger charge is -2.34. The van der Waals surface area contributed by atoms with Gasteiger partial charge in [0.25, 0.3) is 0 Å². The number of aryl methyl sites for hydroxylation is 2. The summed E-state index contributed by atoms with van der Waals surface area (Å²) in [6.45, 7) is 5.36. The molecular formula is C14H20N2O2S. The molecule has 2 aliphatic rings. The average molecular weight is 280 g/mol. The summed E-state index contributed by atoms with van der Waals surface area (Å²) in [5.74, 6) is 0.